The summed E-state index contributed by atoms with van der Waals surface area (Å²) in [4.78, 5) is 34.6. The molecule has 0 aliphatic heterocycles. The third kappa shape index (κ3) is 3.29. The van der Waals surface area contributed by atoms with Gasteiger partial charge in [-0.15, -0.1) is 0 Å². The molecular weight excluding hydrogens is 398 g/mol. The highest BCUT2D eigenvalue weighted by Crippen LogP contribution is 2.29. The molecule has 1 atom stereocenters. The first-order chi connectivity index (χ1) is 14.6. The van der Waals surface area contributed by atoms with Crippen molar-refractivity contribution in [3.05, 3.63) is 81.6 Å². The van der Waals surface area contributed by atoms with Crippen LogP contribution in [0.3, 0.4) is 0 Å². The van der Waals surface area contributed by atoms with E-state index >= 15 is 0 Å². The fourth-order valence-corrected chi connectivity index (χ4v) is 4.52. The predicted molar refractivity (Wildman–Crippen MR) is 118 cm³/mol. The number of hydrogen-bond donors (Lipinski definition) is 0. The average molecular weight is 418 g/mol. The van der Waals surface area contributed by atoms with Gasteiger partial charge in [-0.1, -0.05) is 48.4 Å². The molecule has 0 radical (unpaired) electrons. The van der Waals surface area contributed by atoms with E-state index in [1.165, 1.54) is 4.57 Å². The molecule has 2 heterocycles. The summed E-state index contributed by atoms with van der Waals surface area (Å²) in [6.07, 6.45) is 7.00. The lowest BCUT2D eigenvalue weighted by atomic mass is 9.93. The molecule has 150 valence electrons. The summed E-state index contributed by atoms with van der Waals surface area (Å²) in [6.45, 7) is 0. The molecule has 1 saturated carbocycles. The van der Waals surface area contributed by atoms with Gasteiger partial charge in [-0.3, -0.25) is 14.2 Å². The van der Waals surface area contributed by atoms with E-state index in [-0.39, 0.29) is 11.3 Å². The van der Waals surface area contributed by atoms with Gasteiger partial charge in [-0.2, -0.15) is 0 Å². The van der Waals surface area contributed by atoms with E-state index in [4.69, 9.17) is 11.6 Å². The largest absolute Gasteiger partial charge is 0.297 e. The molecule has 1 unspecified atom stereocenters. The zero-order valence-electron chi connectivity index (χ0n) is 16.3. The van der Waals surface area contributed by atoms with Gasteiger partial charge in [0.25, 0.3) is 5.56 Å². The van der Waals surface area contributed by atoms with Gasteiger partial charge in [0.2, 0.25) is 0 Å². The van der Waals surface area contributed by atoms with Crippen LogP contribution in [0.15, 0.2) is 59.8 Å². The molecule has 1 aliphatic carbocycles. The summed E-state index contributed by atoms with van der Waals surface area (Å²) < 4.78 is 1.53. The number of Topliss-reactive ketones (excluding diaryl/α,β-unsaturated/α-hetero) is 1. The number of hydrogen-bond acceptors (Lipinski definition) is 4. The van der Waals surface area contributed by atoms with Gasteiger partial charge in [-0.25, -0.2) is 9.97 Å². The SMILES string of the molecule is O=C1CCCCC1n1cnc2c(cc(Cc3ccc(Cl)nc3)c3ccccc32)c1=O. The van der Waals surface area contributed by atoms with Gasteiger partial charge in [0.15, 0.2) is 5.78 Å². The van der Waals surface area contributed by atoms with E-state index in [1.807, 2.05) is 36.4 Å². The molecule has 0 saturated heterocycles. The summed E-state index contributed by atoms with van der Waals surface area (Å²) in [5.41, 5.74) is 2.55. The number of rotatable bonds is 3. The Labute approximate surface area is 178 Å². The highest BCUT2D eigenvalue weighted by molar-refractivity contribution is 6.29. The van der Waals surface area contributed by atoms with Crippen LogP contribution in [0, 0.1) is 0 Å². The second-order valence-corrected chi connectivity index (χ2v) is 8.22. The minimum Gasteiger partial charge on any atom is -0.297 e. The van der Waals surface area contributed by atoms with Crippen molar-refractivity contribution in [2.45, 2.75) is 38.1 Å². The topological polar surface area (TPSA) is 64.8 Å². The van der Waals surface area contributed by atoms with E-state index in [2.05, 4.69) is 9.97 Å². The Morgan fingerprint density at radius 2 is 1.83 bits per heavy atom. The number of halogens is 1. The highest BCUT2D eigenvalue weighted by Gasteiger charge is 2.25. The summed E-state index contributed by atoms with van der Waals surface area (Å²) in [7, 11) is 0. The third-order valence-electron chi connectivity index (χ3n) is 5.92. The van der Waals surface area contributed by atoms with Crippen LogP contribution in [-0.4, -0.2) is 20.3 Å². The fraction of sp³-hybridized carbons (Fsp3) is 0.250. The first kappa shape index (κ1) is 18.9. The summed E-state index contributed by atoms with van der Waals surface area (Å²) in [6, 6.07) is 13.2. The standard InChI is InChI=1S/C24H20ClN3O2/c25-22-10-9-15(13-26-22)11-16-12-19-23(18-6-2-1-5-17(16)18)27-14-28(24(19)30)20-7-3-4-8-21(20)29/h1-2,5-6,9-10,12-14,20H,3-4,7-8,11H2. The number of aromatic nitrogens is 3. The highest BCUT2D eigenvalue weighted by atomic mass is 35.5. The Morgan fingerprint density at radius 3 is 2.60 bits per heavy atom. The molecular formula is C24H20ClN3O2. The van der Waals surface area contributed by atoms with Crippen LogP contribution >= 0.6 is 11.6 Å². The lowest BCUT2D eigenvalue weighted by Crippen LogP contribution is -2.32. The number of ketones is 1. The van der Waals surface area contributed by atoms with Gasteiger partial charge in [0, 0.05) is 18.0 Å². The van der Waals surface area contributed by atoms with Gasteiger partial charge in [0.1, 0.15) is 5.15 Å². The Kier molecular flexibility index (Phi) is 4.83. The predicted octanol–water partition coefficient (Wildman–Crippen LogP) is 4.87. The molecule has 1 fully saturated rings. The zero-order valence-corrected chi connectivity index (χ0v) is 17.1. The maximum absolute atomic E-state index is 13.4. The van der Waals surface area contributed by atoms with Gasteiger partial charge >= 0.3 is 0 Å². The minimum absolute atomic E-state index is 0.123. The second kappa shape index (κ2) is 7.65. The van der Waals surface area contributed by atoms with Gasteiger partial charge < -0.3 is 0 Å². The molecule has 2 aromatic heterocycles. The maximum atomic E-state index is 13.4. The van der Waals surface area contributed by atoms with Crippen LogP contribution in [0.5, 0.6) is 0 Å². The second-order valence-electron chi connectivity index (χ2n) is 7.83. The number of benzene rings is 2. The molecule has 5 rings (SSSR count). The van der Waals surface area contributed by atoms with Crippen molar-refractivity contribution < 1.29 is 4.79 Å². The first-order valence-electron chi connectivity index (χ1n) is 10.2. The third-order valence-corrected chi connectivity index (χ3v) is 6.14. The van der Waals surface area contributed by atoms with Crippen molar-refractivity contribution in [2.75, 3.05) is 0 Å². The molecule has 6 heteroatoms. The molecule has 2 aromatic carbocycles. The summed E-state index contributed by atoms with van der Waals surface area (Å²) in [5, 5.41) is 2.99. The Morgan fingerprint density at radius 1 is 1.00 bits per heavy atom. The lowest BCUT2D eigenvalue weighted by molar-refractivity contribution is -0.123. The lowest BCUT2D eigenvalue weighted by Gasteiger charge is -2.22. The van der Waals surface area contributed by atoms with E-state index in [1.54, 1.807) is 18.6 Å². The van der Waals surface area contributed by atoms with Crippen molar-refractivity contribution in [3.8, 4) is 0 Å². The molecule has 0 amide bonds. The first-order valence-corrected chi connectivity index (χ1v) is 10.5. The monoisotopic (exact) mass is 417 g/mol. The number of pyridine rings is 1. The van der Waals surface area contributed by atoms with Crippen LogP contribution in [0.25, 0.3) is 21.7 Å². The van der Waals surface area contributed by atoms with Crippen LogP contribution < -0.4 is 5.56 Å². The van der Waals surface area contributed by atoms with Gasteiger partial charge in [0.05, 0.1) is 23.3 Å². The van der Waals surface area contributed by atoms with Crippen LogP contribution in [0.4, 0.5) is 0 Å². The minimum atomic E-state index is -0.404. The van der Waals surface area contributed by atoms with Crippen LogP contribution in [0.1, 0.15) is 42.9 Å². The van der Waals surface area contributed by atoms with Crippen LogP contribution in [0.2, 0.25) is 5.15 Å². The Bertz CT molecular complexity index is 1330. The smallest absolute Gasteiger partial charge is 0.261 e. The van der Waals surface area contributed by atoms with E-state index in [0.717, 1.165) is 34.7 Å². The molecule has 30 heavy (non-hydrogen) atoms. The number of carbonyl (C=O) groups is 1. The van der Waals surface area contributed by atoms with E-state index in [0.29, 0.717) is 35.3 Å². The number of carbonyl (C=O) groups excluding carboxylic acids is 1. The van der Waals surface area contributed by atoms with Crippen molar-refractivity contribution in [2.24, 2.45) is 0 Å². The Balaban J connectivity index is 1.71. The fourth-order valence-electron chi connectivity index (χ4n) is 4.41. The quantitative estimate of drug-likeness (QED) is 0.352. The van der Waals surface area contributed by atoms with E-state index < -0.39 is 6.04 Å². The van der Waals surface area contributed by atoms with Crippen molar-refractivity contribution in [1.82, 2.24) is 14.5 Å². The maximum Gasteiger partial charge on any atom is 0.261 e. The van der Waals surface area contributed by atoms with Crippen molar-refractivity contribution in [1.29, 1.82) is 0 Å². The molecule has 1 aliphatic rings. The summed E-state index contributed by atoms with van der Waals surface area (Å²) in [5.74, 6) is 0.123. The van der Waals surface area contributed by atoms with Crippen LogP contribution in [-0.2, 0) is 11.2 Å². The van der Waals surface area contributed by atoms with E-state index in [9.17, 15) is 9.59 Å². The Hall–Kier alpha value is -3.05. The summed E-state index contributed by atoms with van der Waals surface area (Å²) >= 11 is 5.92. The van der Waals surface area contributed by atoms with Crippen molar-refractivity contribution in [3.63, 3.8) is 0 Å². The normalized spacial score (nSPS) is 17.0. The number of fused-ring (bicyclic) bond motifs is 3. The zero-order chi connectivity index (χ0) is 20.7. The molecule has 5 nitrogen and oxygen atoms in total. The molecule has 0 N–H and O–H groups in total. The van der Waals surface area contributed by atoms with Gasteiger partial charge in [-0.05, 0) is 47.9 Å². The number of nitrogens with zero attached hydrogens (tertiary/aromatic N) is 3. The molecule has 0 bridgehead atoms. The molecule has 4 aromatic rings. The molecule has 0 spiro atoms. The average Bonchev–Trinajstić information content (AvgIpc) is 2.77. The van der Waals surface area contributed by atoms with Crippen molar-refractivity contribution >= 4 is 39.1 Å².